The topological polar surface area (TPSA) is 74.5 Å². The minimum Gasteiger partial charge on any atom is -0.357 e. The fourth-order valence-electron chi connectivity index (χ4n) is 3.49. The Bertz CT molecular complexity index is 957. The van der Waals surface area contributed by atoms with Gasteiger partial charge in [-0.2, -0.15) is 9.47 Å². The zero-order valence-corrected chi connectivity index (χ0v) is 18.3. The van der Waals surface area contributed by atoms with Crippen molar-refractivity contribution in [2.75, 3.05) is 37.6 Å². The molecule has 9 heteroatoms. The summed E-state index contributed by atoms with van der Waals surface area (Å²) in [6.07, 6.45) is 4.64. The second kappa shape index (κ2) is 9.71. The largest absolute Gasteiger partial charge is 0.357 e. The molecule has 1 saturated heterocycles. The molecular weight excluding hydrogens is 396 g/mol. The summed E-state index contributed by atoms with van der Waals surface area (Å²) in [6.45, 7) is 9.32. The van der Waals surface area contributed by atoms with Gasteiger partial charge in [-0.25, -0.2) is 14.7 Å². The summed E-state index contributed by atoms with van der Waals surface area (Å²) in [7, 11) is 0. The second-order valence-corrected chi connectivity index (χ2v) is 7.80. The molecule has 0 aliphatic carbocycles. The van der Waals surface area contributed by atoms with Gasteiger partial charge < -0.3 is 15.1 Å². The first-order chi connectivity index (χ1) is 14.8. The first-order valence-corrected chi connectivity index (χ1v) is 11.2. The van der Waals surface area contributed by atoms with Crippen molar-refractivity contribution >= 4 is 22.6 Å². The highest BCUT2D eigenvalue weighted by molar-refractivity contribution is 7.09. The summed E-state index contributed by atoms with van der Waals surface area (Å²) in [6, 6.07) is 10.2. The average molecular weight is 425 g/mol. The van der Waals surface area contributed by atoms with E-state index in [0.717, 1.165) is 67.3 Å². The molecule has 0 spiro atoms. The summed E-state index contributed by atoms with van der Waals surface area (Å²) < 4.78 is 6.31. The summed E-state index contributed by atoms with van der Waals surface area (Å²) in [4.78, 5) is 14.2. The first kappa shape index (κ1) is 20.3. The highest BCUT2D eigenvalue weighted by Gasteiger charge is 2.22. The predicted molar refractivity (Wildman–Crippen MR) is 121 cm³/mol. The maximum atomic E-state index is 4.94. The van der Waals surface area contributed by atoms with Crippen LogP contribution in [0.2, 0.25) is 0 Å². The summed E-state index contributed by atoms with van der Waals surface area (Å²) >= 11 is 1.50. The van der Waals surface area contributed by atoms with E-state index < -0.39 is 0 Å². The van der Waals surface area contributed by atoms with Crippen LogP contribution in [0.15, 0.2) is 47.7 Å². The standard InChI is InChI=1S/C21H28N8S/c1-3-19-25-21(30-26-19)28-14-12-27(13-15-28)20(22-4-2)23-16-17-8-5-6-9-18(17)29-11-7-10-24-29/h5-11H,3-4,12-16H2,1-2H3,(H,22,23). The summed E-state index contributed by atoms with van der Waals surface area (Å²) in [5, 5.41) is 8.86. The molecule has 1 fully saturated rings. The van der Waals surface area contributed by atoms with Gasteiger partial charge in [0.15, 0.2) is 5.96 Å². The maximum absolute atomic E-state index is 4.94. The van der Waals surface area contributed by atoms with Gasteiger partial charge in [-0.05, 0) is 24.6 Å². The number of benzene rings is 1. The smallest absolute Gasteiger partial charge is 0.205 e. The molecule has 2 aromatic heterocycles. The zero-order chi connectivity index (χ0) is 20.8. The van der Waals surface area contributed by atoms with E-state index >= 15 is 0 Å². The number of aliphatic imine (C=N–C) groups is 1. The molecule has 3 heterocycles. The van der Waals surface area contributed by atoms with E-state index in [4.69, 9.17) is 4.99 Å². The summed E-state index contributed by atoms with van der Waals surface area (Å²) in [5.41, 5.74) is 2.21. The zero-order valence-electron chi connectivity index (χ0n) is 17.5. The molecule has 4 rings (SSSR count). The molecule has 1 N–H and O–H groups in total. The van der Waals surface area contributed by atoms with Gasteiger partial charge in [0.2, 0.25) is 5.13 Å². The van der Waals surface area contributed by atoms with Crippen LogP contribution >= 0.6 is 11.5 Å². The number of guanidine groups is 1. The third-order valence-electron chi connectivity index (χ3n) is 5.10. The number of nitrogens with one attached hydrogen (secondary N) is 1. The van der Waals surface area contributed by atoms with Gasteiger partial charge in [0.25, 0.3) is 0 Å². The number of anilines is 1. The lowest BCUT2D eigenvalue weighted by Gasteiger charge is -2.36. The van der Waals surface area contributed by atoms with Crippen LogP contribution in [0.4, 0.5) is 5.13 Å². The average Bonchev–Trinajstić information content (AvgIpc) is 3.49. The lowest BCUT2D eigenvalue weighted by molar-refractivity contribution is 0.372. The molecule has 1 aliphatic heterocycles. The third kappa shape index (κ3) is 4.62. The molecule has 1 aliphatic rings. The number of aryl methyl sites for hydroxylation is 1. The Kier molecular flexibility index (Phi) is 6.58. The van der Waals surface area contributed by atoms with E-state index in [9.17, 15) is 0 Å². The molecule has 0 radical (unpaired) electrons. The number of nitrogens with zero attached hydrogens (tertiary/aromatic N) is 7. The van der Waals surface area contributed by atoms with E-state index in [1.54, 1.807) is 6.20 Å². The Hall–Kier alpha value is -2.94. The van der Waals surface area contributed by atoms with Crippen LogP contribution in [0.5, 0.6) is 0 Å². The highest BCUT2D eigenvalue weighted by Crippen LogP contribution is 2.20. The summed E-state index contributed by atoms with van der Waals surface area (Å²) in [5.74, 6) is 1.89. The molecule has 30 heavy (non-hydrogen) atoms. The number of rotatable bonds is 6. The Labute approximate surface area is 181 Å². The molecule has 0 saturated carbocycles. The predicted octanol–water partition coefficient (Wildman–Crippen LogP) is 2.57. The van der Waals surface area contributed by atoms with Crippen molar-refractivity contribution in [1.29, 1.82) is 0 Å². The van der Waals surface area contributed by atoms with E-state index in [1.807, 2.05) is 23.0 Å². The fraction of sp³-hybridized carbons (Fsp3) is 0.429. The maximum Gasteiger partial charge on any atom is 0.205 e. The molecule has 8 nitrogen and oxygen atoms in total. The van der Waals surface area contributed by atoms with Gasteiger partial charge in [-0.3, -0.25) is 0 Å². The number of hydrogen-bond acceptors (Lipinski definition) is 6. The highest BCUT2D eigenvalue weighted by atomic mass is 32.1. The van der Waals surface area contributed by atoms with Crippen molar-refractivity contribution in [1.82, 2.24) is 29.4 Å². The quantitative estimate of drug-likeness (QED) is 0.484. The van der Waals surface area contributed by atoms with Gasteiger partial charge in [0.1, 0.15) is 5.82 Å². The van der Waals surface area contributed by atoms with Crippen molar-refractivity contribution in [2.24, 2.45) is 4.99 Å². The van der Waals surface area contributed by atoms with Crippen LogP contribution in [0, 0.1) is 0 Å². The molecule has 0 amide bonds. The third-order valence-corrected chi connectivity index (χ3v) is 5.92. The van der Waals surface area contributed by atoms with E-state index in [1.165, 1.54) is 11.5 Å². The Morgan fingerprint density at radius 1 is 1.13 bits per heavy atom. The Balaban J connectivity index is 1.44. The SMILES string of the molecule is CCNC(=NCc1ccccc1-n1cccn1)N1CCN(c2nc(CC)ns2)CC1. The molecule has 3 aromatic rings. The van der Waals surface area contributed by atoms with Crippen molar-refractivity contribution in [3.8, 4) is 5.69 Å². The van der Waals surface area contributed by atoms with Crippen LogP contribution in [0.1, 0.15) is 25.2 Å². The van der Waals surface area contributed by atoms with Gasteiger partial charge in [-0.1, -0.05) is 25.1 Å². The normalized spacial score (nSPS) is 14.9. The molecule has 1 aromatic carbocycles. The second-order valence-electron chi connectivity index (χ2n) is 7.07. The Morgan fingerprint density at radius 2 is 1.97 bits per heavy atom. The minimum absolute atomic E-state index is 0.606. The number of piperazine rings is 1. The van der Waals surface area contributed by atoms with Crippen LogP contribution in [0.25, 0.3) is 5.69 Å². The van der Waals surface area contributed by atoms with Crippen LogP contribution in [0.3, 0.4) is 0 Å². The van der Waals surface area contributed by atoms with E-state index in [0.29, 0.717) is 6.54 Å². The first-order valence-electron chi connectivity index (χ1n) is 10.5. The van der Waals surface area contributed by atoms with Crippen molar-refractivity contribution in [3.63, 3.8) is 0 Å². The van der Waals surface area contributed by atoms with Gasteiger partial charge in [0.05, 0.1) is 12.2 Å². The van der Waals surface area contributed by atoms with Gasteiger partial charge in [0, 0.05) is 63.1 Å². The van der Waals surface area contributed by atoms with Crippen LogP contribution in [-0.2, 0) is 13.0 Å². The Morgan fingerprint density at radius 3 is 2.67 bits per heavy atom. The van der Waals surface area contributed by atoms with Crippen molar-refractivity contribution in [3.05, 3.63) is 54.1 Å². The number of aromatic nitrogens is 4. The van der Waals surface area contributed by atoms with Crippen LogP contribution in [-0.4, -0.2) is 62.7 Å². The van der Waals surface area contributed by atoms with E-state index in [-0.39, 0.29) is 0 Å². The van der Waals surface area contributed by atoms with Gasteiger partial charge in [-0.15, -0.1) is 0 Å². The molecule has 0 bridgehead atoms. The minimum atomic E-state index is 0.606. The monoisotopic (exact) mass is 424 g/mol. The molecule has 0 unspecified atom stereocenters. The molecule has 0 atom stereocenters. The fourth-order valence-corrected chi connectivity index (χ4v) is 4.29. The van der Waals surface area contributed by atoms with Crippen molar-refractivity contribution in [2.45, 2.75) is 26.8 Å². The van der Waals surface area contributed by atoms with Gasteiger partial charge >= 0.3 is 0 Å². The molecule has 158 valence electrons. The lowest BCUT2D eigenvalue weighted by Crippen LogP contribution is -2.52. The van der Waals surface area contributed by atoms with Crippen molar-refractivity contribution < 1.29 is 0 Å². The number of para-hydroxylation sites is 1. The molecular formula is C21H28N8S. The van der Waals surface area contributed by atoms with E-state index in [2.05, 4.69) is 61.6 Å². The lowest BCUT2D eigenvalue weighted by atomic mass is 10.2. The van der Waals surface area contributed by atoms with Crippen LogP contribution < -0.4 is 10.2 Å². The number of hydrogen-bond donors (Lipinski definition) is 1.